The SMILES string of the molecule is N#CCCCNC(=O)CCc1coc(-c2ccc(F)cc2)n1. The summed E-state index contributed by atoms with van der Waals surface area (Å²) in [5.41, 5.74) is 1.36. The molecule has 0 spiro atoms. The van der Waals surface area contributed by atoms with Crippen LogP contribution >= 0.6 is 0 Å². The van der Waals surface area contributed by atoms with E-state index in [0.29, 0.717) is 49.4 Å². The standard InChI is InChI=1S/C16H16FN3O2/c17-13-5-3-12(4-6-13)16-20-14(11-22-16)7-8-15(21)19-10-2-1-9-18/h3-6,11H,1-2,7-8,10H2,(H,19,21). The first kappa shape index (κ1) is 15.7. The highest BCUT2D eigenvalue weighted by atomic mass is 19.1. The van der Waals surface area contributed by atoms with Crippen LogP contribution in [0.25, 0.3) is 11.5 Å². The normalized spacial score (nSPS) is 10.2. The van der Waals surface area contributed by atoms with Crippen molar-refractivity contribution in [3.8, 4) is 17.5 Å². The number of nitrogens with zero attached hydrogens (tertiary/aromatic N) is 2. The summed E-state index contributed by atoms with van der Waals surface area (Å²) in [5.74, 6) is 0.0114. The Bertz CT molecular complexity index is 659. The zero-order valence-corrected chi connectivity index (χ0v) is 12.0. The van der Waals surface area contributed by atoms with Gasteiger partial charge in [-0.05, 0) is 30.7 Å². The van der Waals surface area contributed by atoms with Crippen molar-refractivity contribution in [2.24, 2.45) is 0 Å². The molecule has 5 nitrogen and oxygen atoms in total. The molecule has 1 aromatic carbocycles. The monoisotopic (exact) mass is 301 g/mol. The van der Waals surface area contributed by atoms with Crippen molar-refractivity contribution < 1.29 is 13.6 Å². The molecule has 2 aromatic rings. The second kappa shape index (κ2) is 7.93. The zero-order chi connectivity index (χ0) is 15.8. The van der Waals surface area contributed by atoms with E-state index in [-0.39, 0.29) is 11.7 Å². The molecular weight excluding hydrogens is 285 g/mol. The summed E-state index contributed by atoms with van der Waals surface area (Å²) >= 11 is 0. The maximum atomic E-state index is 12.9. The Balaban J connectivity index is 1.81. The summed E-state index contributed by atoms with van der Waals surface area (Å²) in [6.45, 7) is 0.506. The Hall–Kier alpha value is -2.68. The molecule has 0 aliphatic heterocycles. The minimum absolute atomic E-state index is 0.0794. The van der Waals surface area contributed by atoms with Crippen LogP contribution in [-0.4, -0.2) is 17.4 Å². The van der Waals surface area contributed by atoms with Crippen molar-refractivity contribution in [2.45, 2.75) is 25.7 Å². The molecule has 1 amide bonds. The molecule has 6 heteroatoms. The molecule has 0 fully saturated rings. The predicted molar refractivity (Wildman–Crippen MR) is 78.1 cm³/mol. The third-order valence-electron chi connectivity index (χ3n) is 3.04. The van der Waals surface area contributed by atoms with E-state index in [4.69, 9.17) is 9.68 Å². The second-order valence-corrected chi connectivity index (χ2v) is 4.76. The second-order valence-electron chi connectivity index (χ2n) is 4.76. The maximum absolute atomic E-state index is 12.9. The summed E-state index contributed by atoms with van der Waals surface area (Å²) < 4.78 is 18.2. The first-order valence-electron chi connectivity index (χ1n) is 7.03. The van der Waals surface area contributed by atoms with E-state index in [1.165, 1.54) is 18.4 Å². The van der Waals surface area contributed by atoms with Crippen molar-refractivity contribution in [1.82, 2.24) is 10.3 Å². The number of benzene rings is 1. The van der Waals surface area contributed by atoms with E-state index in [1.807, 2.05) is 6.07 Å². The molecule has 0 saturated carbocycles. The number of carbonyl (C=O) groups excluding carboxylic acids is 1. The molecule has 0 atom stereocenters. The number of hydrogen-bond acceptors (Lipinski definition) is 4. The fraction of sp³-hybridized carbons (Fsp3) is 0.312. The van der Waals surface area contributed by atoms with Crippen LogP contribution in [0.3, 0.4) is 0 Å². The van der Waals surface area contributed by atoms with Gasteiger partial charge in [0, 0.05) is 31.4 Å². The topological polar surface area (TPSA) is 78.9 Å². The van der Waals surface area contributed by atoms with Crippen LogP contribution in [-0.2, 0) is 11.2 Å². The Morgan fingerprint density at radius 1 is 1.36 bits per heavy atom. The van der Waals surface area contributed by atoms with E-state index in [2.05, 4.69) is 10.3 Å². The lowest BCUT2D eigenvalue weighted by Crippen LogP contribution is -2.24. The van der Waals surface area contributed by atoms with Gasteiger partial charge >= 0.3 is 0 Å². The van der Waals surface area contributed by atoms with Crippen LogP contribution in [0.5, 0.6) is 0 Å². The Morgan fingerprint density at radius 3 is 2.86 bits per heavy atom. The molecule has 0 aliphatic rings. The van der Waals surface area contributed by atoms with Gasteiger partial charge in [-0.2, -0.15) is 5.26 Å². The highest BCUT2D eigenvalue weighted by Gasteiger charge is 2.08. The average Bonchev–Trinajstić information content (AvgIpc) is 2.99. The van der Waals surface area contributed by atoms with Crippen LogP contribution in [0.4, 0.5) is 4.39 Å². The minimum Gasteiger partial charge on any atom is -0.444 e. The molecule has 0 bridgehead atoms. The van der Waals surface area contributed by atoms with Crippen molar-refractivity contribution in [3.63, 3.8) is 0 Å². The molecule has 114 valence electrons. The van der Waals surface area contributed by atoms with Crippen molar-refractivity contribution in [3.05, 3.63) is 42.0 Å². The molecule has 1 N–H and O–H groups in total. The van der Waals surface area contributed by atoms with Gasteiger partial charge in [0.1, 0.15) is 12.1 Å². The van der Waals surface area contributed by atoms with Gasteiger partial charge in [-0.3, -0.25) is 4.79 Å². The number of aryl methyl sites for hydroxylation is 1. The number of nitriles is 1. The number of unbranched alkanes of at least 4 members (excludes halogenated alkanes) is 1. The molecule has 0 aliphatic carbocycles. The van der Waals surface area contributed by atoms with Gasteiger partial charge in [-0.25, -0.2) is 9.37 Å². The Kier molecular flexibility index (Phi) is 5.66. The third kappa shape index (κ3) is 4.70. The van der Waals surface area contributed by atoms with Crippen molar-refractivity contribution >= 4 is 5.91 Å². The number of hydrogen-bond donors (Lipinski definition) is 1. The van der Waals surface area contributed by atoms with Gasteiger partial charge in [0.25, 0.3) is 0 Å². The Morgan fingerprint density at radius 2 is 2.14 bits per heavy atom. The lowest BCUT2D eigenvalue weighted by atomic mass is 10.2. The van der Waals surface area contributed by atoms with Gasteiger partial charge in [-0.1, -0.05) is 0 Å². The maximum Gasteiger partial charge on any atom is 0.226 e. The van der Waals surface area contributed by atoms with Crippen molar-refractivity contribution in [1.29, 1.82) is 5.26 Å². The molecule has 0 saturated heterocycles. The summed E-state index contributed by atoms with van der Waals surface area (Å²) in [6, 6.07) is 7.89. The largest absolute Gasteiger partial charge is 0.444 e. The molecule has 2 rings (SSSR count). The number of halogens is 1. The highest BCUT2D eigenvalue weighted by Crippen LogP contribution is 2.19. The quantitative estimate of drug-likeness (QED) is 0.798. The van der Waals surface area contributed by atoms with Gasteiger partial charge in [-0.15, -0.1) is 0 Å². The van der Waals surface area contributed by atoms with Crippen LogP contribution in [0.15, 0.2) is 34.9 Å². The van der Waals surface area contributed by atoms with Gasteiger partial charge < -0.3 is 9.73 Å². The molecule has 1 aromatic heterocycles. The van der Waals surface area contributed by atoms with E-state index >= 15 is 0 Å². The predicted octanol–water partition coefficient (Wildman–Crippen LogP) is 2.83. The highest BCUT2D eigenvalue weighted by molar-refractivity contribution is 5.76. The zero-order valence-electron chi connectivity index (χ0n) is 12.0. The third-order valence-corrected chi connectivity index (χ3v) is 3.04. The molecule has 22 heavy (non-hydrogen) atoms. The number of nitrogens with one attached hydrogen (secondary N) is 1. The van der Waals surface area contributed by atoms with Crippen LogP contribution in [0.2, 0.25) is 0 Å². The Labute approximate surface area is 127 Å². The summed E-state index contributed by atoms with van der Waals surface area (Å²) in [7, 11) is 0. The minimum atomic E-state index is -0.316. The lowest BCUT2D eigenvalue weighted by molar-refractivity contribution is -0.121. The number of aromatic nitrogens is 1. The number of rotatable bonds is 7. The number of amides is 1. The first-order chi connectivity index (χ1) is 10.7. The summed E-state index contributed by atoms with van der Waals surface area (Å²) in [6.07, 6.45) is 3.36. The number of oxazole rings is 1. The van der Waals surface area contributed by atoms with Crippen LogP contribution < -0.4 is 5.32 Å². The molecule has 1 heterocycles. The summed E-state index contributed by atoms with van der Waals surface area (Å²) in [5, 5.41) is 11.1. The lowest BCUT2D eigenvalue weighted by Gasteiger charge is -2.01. The van der Waals surface area contributed by atoms with E-state index in [1.54, 1.807) is 12.1 Å². The first-order valence-corrected chi connectivity index (χ1v) is 7.03. The fourth-order valence-electron chi connectivity index (χ4n) is 1.87. The number of carbonyl (C=O) groups is 1. The summed E-state index contributed by atoms with van der Waals surface area (Å²) in [4.78, 5) is 15.9. The smallest absolute Gasteiger partial charge is 0.226 e. The van der Waals surface area contributed by atoms with Gasteiger partial charge in [0.05, 0.1) is 11.8 Å². The van der Waals surface area contributed by atoms with Crippen LogP contribution in [0, 0.1) is 17.1 Å². The van der Waals surface area contributed by atoms with Crippen molar-refractivity contribution in [2.75, 3.05) is 6.54 Å². The van der Waals surface area contributed by atoms with Gasteiger partial charge in [0.2, 0.25) is 11.8 Å². The van der Waals surface area contributed by atoms with E-state index in [9.17, 15) is 9.18 Å². The van der Waals surface area contributed by atoms with E-state index in [0.717, 1.165) is 0 Å². The molecule has 0 unspecified atom stereocenters. The fourth-order valence-corrected chi connectivity index (χ4v) is 1.87. The van der Waals surface area contributed by atoms with Gasteiger partial charge in [0.15, 0.2) is 0 Å². The van der Waals surface area contributed by atoms with Crippen LogP contribution in [0.1, 0.15) is 25.0 Å². The average molecular weight is 301 g/mol. The van der Waals surface area contributed by atoms with E-state index < -0.39 is 0 Å². The molecule has 0 radical (unpaired) electrons. The molecular formula is C16H16FN3O2.